The number of ether oxygens (including phenoxy) is 1. The van der Waals surface area contributed by atoms with Crippen LogP contribution in [0, 0.1) is 11.3 Å². The molecule has 0 unspecified atom stereocenters. The van der Waals surface area contributed by atoms with Crippen molar-refractivity contribution < 1.29 is 4.74 Å². The number of nitrogens with one attached hydrogen (secondary N) is 1. The molecule has 1 aliphatic carbocycles. The Morgan fingerprint density at radius 3 is 2.30 bits per heavy atom. The van der Waals surface area contributed by atoms with Gasteiger partial charge in [0.15, 0.2) is 0 Å². The highest BCUT2D eigenvalue weighted by Gasteiger charge is 2.35. The van der Waals surface area contributed by atoms with Crippen molar-refractivity contribution in [1.82, 2.24) is 5.32 Å². The van der Waals surface area contributed by atoms with E-state index in [0.29, 0.717) is 5.41 Å². The molecule has 0 aromatic rings. The van der Waals surface area contributed by atoms with Crippen LogP contribution in [0.1, 0.15) is 79.6 Å². The molecule has 120 valence electrons. The summed E-state index contributed by atoms with van der Waals surface area (Å²) in [7, 11) is 0. The zero-order chi connectivity index (χ0) is 15.1. The van der Waals surface area contributed by atoms with Gasteiger partial charge >= 0.3 is 0 Å². The molecule has 0 aromatic carbocycles. The zero-order valence-electron chi connectivity index (χ0n) is 14.6. The molecular weight excluding hydrogens is 246 g/mol. The van der Waals surface area contributed by atoms with E-state index >= 15 is 0 Å². The quantitative estimate of drug-likeness (QED) is 0.647. The molecule has 1 saturated carbocycles. The van der Waals surface area contributed by atoms with E-state index in [0.717, 1.165) is 32.0 Å². The van der Waals surface area contributed by atoms with E-state index in [1.807, 2.05) is 0 Å². The van der Waals surface area contributed by atoms with Gasteiger partial charge in [-0.3, -0.25) is 0 Å². The monoisotopic (exact) mass is 283 g/mol. The minimum absolute atomic E-state index is 0.117. The van der Waals surface area contributed by atoms with Crippen LogP contribution in [-0.4, -0.2) is 25.3 Å². The third kappa shape index (κ3) is 6.58. The molecule has 0 amide bonds. The second-order valence-electron chi connectivity index (χ2n) is 7.87. The third-order valence-corrected chi connectivity index (χ3v) is 4.73. The van der Waals surface area contributed by atoms with Gasteiger partial charge in [0.25, 0.3) is 0 Å². The predicted molar refractivity (Wildman–Crippen MR) is 88.2 cm³/mol. The van der Waals surface area contributed by atoms with Gasteiger partial charge in [0.05, 0.1) is 5.60 Å². The van der Waals surface area contributed by atoms with E-state index < -0.39 is 0 Å². The van der Waals surface area contributed by atoms with Gasteiger partial charge in [0, 0.05) is 13.2 Å². The van der Waals surface area contributed by atoms with Crippen molar-refractivity contribution >= 4 is 0 Å². The molecular formula is C18H37NO. The first-order valence-electron chi connectivity index (χ1n) is 8.75. The van der Waals surface area contributed by atoms with E-state index in [4.69, 9.17) is 4.74 Å². The maximum absolute atomic E-state index is 6.42. The summed E-state index contributed by atoms with van der Waals surface area (Å²) in [6, 6.07) is 0. The predicted octanol–water partition coefficient (Wildman–Crippen LogP) is 4.78. The fourth-order valence-electron chi connectivity index (χ4n) is 3.05. The van der Waals surface area contributed by atoms with Crippen LogP contribution in [0.15, 0.2) is 0 Å². The SMILES string of the molecule is CCCNCC1(OCCC(C)(C)C)CCC(CC)CC1. The zero-order valence-corrected chi connectivity index (χ0v) is 14.6. The molecule has 1 N–H and O–H groups in total. The Hall–Kier alpha value is -0.0800. The van der Waals surface area contributed by atoms with E-state index in [1.54, 1.807) is 0 Å². The van der Waals surface area contributed by atoms with Crippen molar-refractivity contribution in [1.29, 1.82) is 0 Å². The van der Waals surface area contributed by atoms with E-state index in [2.05, 4.69) is 39.9 Å². The normalized spacial score (nSPS) is 27.8. The summed E-state index contributed by atoms with van der Waals surface area (Å²) in [6.07, 6.45) is 8.87. The summed E-state index contributed by atoms with van der Waals surface area (Å²) in [4.78, 5) is 0. The topological polar surface area (TPSA) is 21.3 Å². The van der Waals surface area contributed by atoms with Crippen molar-refractivity contribution in [2.75, 3.05) is 19.7 Å². The lowest BCUT2D eigenvalue weighted by Crippen LogP contribution is -2.46. The molecule has 20 heavy (non-hydrogen) atoms. The van der Waals surface area contributed by atoms with Gasteiger partial charge < -0.3 is 10.1 Å². The molecule has 0 atom stereocenters. The fourth-order valence-corrected chi connectivity index (χ4v) is 3.05. The molecule has 2 heteroatoms. The fraction of sp³-hybridized carbons (Fsp3) is 1.00. The van der Waals surface area contributed by atoms with Gasteiger partial charge in [0.2, 0.25) is 0 Å². The molecule has 1 fully saturated rings. The molecule has 0 saturated heterocycles. The lowest BCUT2D eigenvalue weighted by Gasteiger charge is -2.41. The van der Waals surface area contributed by atoms with Crippen LogP contribution in [-0.2, 0) is 4.74 Å². The van der Waals surface area contributed by atoms with Crippen LogP contribution in [0.3, 0.4) is 0 Å². The Kier molecular flexibility index (Phi) is 7.53. The molecule has 2 nitrogen and oxygen atoms in total. The summed E-state index contributed by atoms with van der Waals surface area (Å²) in [5.74, 6) is 0.931. The lowest BCUT2D eigenvalue weighted by atomic mass is 9.77. The molecule has 0 radical (unpaired) electrons. The van der Waals surface area contributed by atoms with Crippen LogP contribution < -0.4 is 5.32 Å². The van der Waals surface area contributed by atoms with Crippen molar-refractivity contribution in [2.45, 2.75) is 85.2 Å². The Morgan fingerprint density at radius 1 is 1.15 bits per heavy atom. The molecule has 0 heterocycles. The Morgan fingerprint density at radius 2 is 1.80 bits per heavy atom. The number of hydrogen-bond donors (Lipinski definition) is 1. The van der Waals surface area contributed by atoms with Gasteiger partial charge in [-0.2, -0.15) is 0 Å². The Labute approximate surface area is 127 Å². The first-order chi connectivity index (χ1) is 9.41. The highest BCUT2D eigenvalue weighted by Crippen LogP contribution is 2.36. The van der Waals surface area contributed by atoms with E-state index in [9.17, 15) is 0 Å². The summed E-state index contributed by atoms with van der Waals surface area (Å²) >= 11 is 0. The largest absolute Gasteiger partial charge is 0.374 e. The maximum atomic E-state index is 6.42. The summed E-state index contributed by atoms with van der Waals surface area (Å²) in [5.41, 5.74) is 0.491. The van der Waals surface area contributed by atoms with Crippen LogP contribution >= 0.6 is 0 Å². The van der Waals surface area contributed by atoms with E-state index in [-0.39, 0.29) is 5.60 Å². The molecule has 0 spiro atoms. The lowest BCUT2D eigenvalue weighted by molar-refractivity contribution is -0.0828. The smallest absolute Gasteiger partial charge is 0.0806 e. The van der Waals surface area contributed by atoms with Crippen LogP contribution in [0.2, 0.25) is 0 Å². The van der Waals surface area contributed by atoms with Gasteiger partial charge in [-0.25, -0.2) is 0 Å². The standard InChI is InChI=1S/C18H37NO/c1-6-13-19-15-18(20-14-12-17(3,4)5)10-8-16(7-2)9-11-18/h16,19H,6-15H2,1-5H3. The van der Waals surface area contributed by atoms with E-state index in [1.165, 1.54) is 38.5 Å². The molecule has 1 rings (SSSR count). The first-order valence-corrected chi connectivity index (χ1v) is 8.75. The van der Waals surface area contributed by atoms with Gasteiger partial charge in [-0.1, -0.05) is 41.0 Å². The first kappa shape index (κ1) is 18.0. The minimum atomic E-state index is 0.117. The van der Waals surface area contributed by atoms with Crippen molar-refractivity contribution in [3.63, 3.8) is 0 Å². The number of hydrogen-bond acceptors (Lipinski definition) is 2. The average molecular weight is 284 g/mol. The molecule has 1 aliphatic rings. The average Bonchev–Trinajstić information content (AvgIpc) is 2.38. The van der Waals surface area contributed by atoms with Crippen molar-refractivity contribution in [3.05, 3.63) is 0 Å². The van der Waals surface area contributed by atoms with Gasteiger partial charge in [-0.15, -0.1) is 0 Å². The van der Waals surface area contributed by atoms with Gasteiger partial charge in [0.1, 0.15) is 0 Å². The number of rotatable bonds is 8. The molecule has 0 aromatic heterocycles. The molecule has 0 aliphatic heterocycles. The van der Waals surface area contributed by atoms with Crippen LogP contribution in [0.25, 0.3) is 0 Å². The molecule has 0 bridgehead atoms. The summed E-state index contributed by atoms with van der Waals surface area (Å²) < 4.78 is 6.42. The highest BCUT2D eigenvalue weighted by molar-refractivity contribution is 4.89. The minimum Gasteiger partial charge on any atom is -0.374 e. The Balaban J connectivity index is 2.47. The maximum Gasteiger partial charge on any atom is 0.0806 e. The van der Waals surface area contributed by atoms with Gasteiger partial charge in [-0.05, 0) is 56.4 Å². The second-order valence-corrected chi connectivity index (χ2v) is 7.87. The highest BCUT2D eigenvalue weighted by atomic mass is 16.5. The van der Waals surface area contributed by atoms with Crippen molar-refractivity contribution in [2.24, 2.45) is 11.3 Å². The summed E-state index contributed by atoms with van der Waals surface area (Å²) in [6.45, 7) is 14.5. The van der Waals surface area contributed by atoms with Crippen LogP contribution in [0.5, 0.6) is 0 Å². The Bertz CT molecular complexity index is 243. The summed E-state index contributed by atoms with van der Waals surface area (Å²) in [5, 5.41) is 3.60. The second kappa shape index (κ2) is 8.38. The van der Waals surface area contributed by atoms with Crippen molar-refractivity contribution in [3.8, 4) is 0 Å². The third-order valence-electron chi connectivity index (χ3n) is 4.73. The van der Waals surface area contributed by atoms with Crippen LogP contribution in [0.4, 0.5) is 0 Å².